The van der Waals surface area contributed by atoms with Gasteiger partial charge in [0.1, 0.15) is 0 Å². The van der Waals surface area contributed by atoms with E-state index in [0.29, 0.717) is 11.1 Å². The Morgan fingerprint density at radius 3 is 1.29 bits per heavy atom. The zero-order chi connectivity index (χ0) is 21.8. The van der Waals surface area contributed by atoms with Crippen LogP contribution in [0.1, 0.15) is 22.3 Å². The van der Waals surface area contributed by atoms with Gasteiger partial charge in [-0.3, -0.25) is 0 Å². The number of rotatable bonds is 4. The van der Waals surface area contributed by atoms with E-state index in [1.807, 2.05) is 48.5 Å². The van der Waals surface area contributed by atoms with Gasteiger partial charge in [-0.2, -0.15) is 10.5 Å². The second kappa shape index (κ2) is 8.92. The molecule has 0 saturated heterocycles. The Bertz CT molecular complexity index is 1220. The molecule has 0 saturated carbocycles. The van der Waals surface area contributed by atoms with Crippen molar-refractivity contribution in [3.63, 3.8) is 0 Å². The van der Waals surface area contributed by atoms with E-state index in [9.17, 15) is 0 Å². The van der Waals surface area contributed by atoms with Crippen molar-refractivity contribution < 1.29 is 0 Å². The zero-order valence-electron chi connectivity index (χ0n) is 17.4. The molecule has 0 N–H and O–H groups in total. The third-order valence-corrected chi connectivity index (χ3v) is 6.41. The number of nitrogens with zero attached hydrogens (tertiary/aromatic N) is 2. The van der Waals surface area contributed by atoms with Crippen molar-refractivity contribution in [1.82, 2.24) is 0 Å². The molecular weight excluding hydrogens is 396 g/mol. The molecule has 3 heteroatoms. The normalized spacial score (nSPS) is 10.3. The Balaban J connectivity index is 1.80. The van der Waals surface area contributed by atoms with Crippen molar-refractivity contribution in [2.75, 3.05) is 0 Å². The summed E-state index contributed by atoms with van der Waals surface area (Å²) < 4.78 is 0. The molecule has 2 nitrogen and oxygen atoms in total. The van der Waals surface area contributed by atoms with E-state index in [1.54, 1.807) is 11.8 Å². The molecule has 4 aromatic carbocycles. The van der Waals surface area contributed by atoms with Gasteiger partial charge in [0.25, 0.3) is 0 Å². The summed E-state index contributed by atoms with van der Waals surface area (Å²) in [6.45, 7) is 4.24. The summed E-state index contributed by atoms with van der Waals surface area (Å²) in [5, 5.41) is 18.3. The SMILES string of the molecule is Cc1cccc(Sc2cccc(C)c2-c2ccc(C#N)cc2)c1-c1ccc(C#N)cc1. The van der Waals surface area contributed by atoms with Crippen LogP contribution in [0.2, 0.25) is 0 Å². The molecule has 0 amide bonds. The first-order valence-corrected chi connectivity index (χ1v) is 10.8. The highest BCUT2D eigenvalue weighted by molar-refractivity contribution is 7.99. The topological polar surface area (TPSA) is 47.6 Å². The molecule has 0 bridgehead atoms. The molecule has 148 valence electrons. The minimum atomic E-state index is 0.660. The highest BCUT2D eigenvalue weighted by atomic mass is 32.2. The molecule has 4 aromatic rings. The first kappa shape index (κ1) is 20.5. The minimum Gasteiger partial charge on any atom is -0.192 e. The predicted molar refractivity (Wildman–Crippen MR) is 127 cm³/mol. The molecule has 0 atom stereocenters. The molecule has 0 radical (unpaired) electrons. The van der Waals surface area contributed by atoms with E-state index in [4.69, 9.17) is 10.5 Å². The first-order chi connectivity index (χ1) is 15.1. The van der Waals surface area contributed by atoms with Gasteiger partial charge < -0.3 is 0 Å². The van der Waals surface area contributed by atoms with Crippen LogP contribution in [0.4, 0.5) is 0 Å². The fraction of sp³-hybridized carbons (Fsp3) is 0.0714. The quantitative estimate of drug-likeness (QED) is 0.345. The summed E-state index contributed by atoms with van der Waals surface area (Å²) in [6, 6.07) is 32.6. The van der Waals surface area contributed by atoms with Gasteiger partial charge in [-0.25, -0.2) is 0 Å². The smallest absolute Gasteiger partial charge is 0.0991 e. The van der Waals surface area contributed by atoms with E-state index in [2.05, 4.69) is 62.4 Å². The Labute approximate surface area is 187 Å². The van der Waals surface area contributed by atoms with E-state index in [1.165, 1.54) is 32.0 Å². The average Bonchev–Trinajstić information content (AvgIpc) is 2.80. The van der Waals surface area contributed by atoms with Crippen LogP contribution in [0.3, 0.4) is 0 Å². The second-order valence-electron chi connectivity index (χ2n) is 7.38. The highest BCUT2D eigenvalue weighted by Gasteiger charge is 2.14. The molecule has 0 spiro atoms. The van der Waals surface area contributed by atoms with Crippen molar-refractivity contribution in [2.24, 2.45) is 0 Å². The Morgan fingerprint density at radius 1 is 0.548 bits per heavy atom. The molecule has 0 heterocycles. The lowest BCUT2D eigenvalue weighted by atomic mass is 9.99. The molecular formula is C28H20N2S. The molecule has 0 fully saturated rings. The van der Waals surface area contributed by atoms with E-state index in [0.717, 1.165) is 11.1 Å². The minimum absolute atomic E-state index is 0.660. The van der Waals surface area contributed by atoms with Crippen LogP contribution in [-0.2, 0) is 0 Å². The molecule has 0 aliphatic carbocycles. The van der Waals surface area contributed by atoms with Crippen LogP contribution in [-0.4, -0.2) is 0 Å². The van der Waals surface area contributed by atoms with Gasteiger partial charge in [-0.1, -0.05) is 60.3 Å². The fourth-order valence-corrected chi connectivity index (χ4v) is 5.02. The fourth-order valence-electron chi connectivity index (χ4n) is 3.73. The summed E-state index contributed by atoms with van der Waals surface area (Å²) >= 11 is 1.75. The molecule has 4 rings (SSSR count). The van der Waals surface area contributed by atoms with Gasteiger partial charge in [0.05, 0.1) is 23.3 Å². The van der Waals surface area contributed by atoms with Crippen LogP contribution in [0.15, 0.2) is 94.7 Å². The maximum atomic E-state index is 9.13. The number of benzene rings is 4. The van der Waals surface area contributed by atoms with Gasteiger partial charge in [-0.05, 0) is 83.6 Å². The van der Waals surface area contributed by atoms with Crippen LogP contribution in [0.25, 0.3) is 22.3 Å². The molecule has 0 aliphatic rings. The third kappa shape index (κ3) is 4.24. The molecule has 0 unspecified atom stereocenters. The molecule has 31 heavy (non-hydrogen) atoms. The van der Waals surface area contributed by atoms with Crippen LogP contribution in [0.5, 0.6) is 0 Å². The number of nitriles is 2. The summed E-state index contributed by atoms with van der Waals surface area (Å²) in [7, 11) is 0. The third-order valence-electron chi connectivity index (χ3n) is 5.29. The van der Waals surface area contributed by atoms with Gasteiger partial charge in [0, 0.05) is 9.79 Å². The number of hydrogen-bond acceptors (Lipinski definition) is 3. The maximum Gasteiger partial charge on any atom is 0.0991 e. The summed E-state index contributed by atoms with van der Waals surface area (Å²) in [4.78, 5) is 2.34. The van der Waals surface area contributed by atoms with Crippen LogP contribution >= 0.6 is 11.8 Å². The monoisotopic (exact) mass is 416 g/mol. The average molecular weight is 417 g/mol. The van der Waals surface area contributed by atoms with Crippen LogP contribution in [0, 0.1) is 36.5 Å². The van der Waals surface area contributed by atoms with Gasteiger partial charge in [-0.15, -0.1) is 0 Å². The summed E-state index contributed by atoms with van der Waals surface area (Å²) in [6.07, 6.45) is 0. The number of hydrogen-bond donors (Lipinski definition) is 0. The van der Waals surface area contributed by atoms with E-state index in [-0.39, 0.29) is 0 Å². The van der Waals surface area contributed by atoms with Crippen molar-refractivity contribution in [2.45, 2.75) is 23.6 Å². The van der Waals surface area contributed by atoms with E-state index < -0.39 is 0 Å². The van der Waals surface area contributed by atoms with Crippen molar-refractivity contribution in [3.8, 4) is 34.4 Å². The van der Waals surface area contributed by atoms with Gasteiger partial charge in [0.15, 0.2) is 0 Å². The highest BCUT2D eigenvalue weighted by Crippen LogP contribution is 2.42. The van der Waals surface area contributed by atoms with Crippen molar-refractivity contribution in [1.29, 1.82) is 10.5 Å². The van der Waals surface area contributed by atoms with Crippen molar-refractivity contribution >= 4 is 11.8 Å². The first-order valence-electron chi connectivity index (χ1n) is 9.99. The van der Waals surface area contributed by atoms with E-state index >= 15 is 0 Å². The second-order valence-corrected chi connectivity index (χ2v) is 8.46. The largest absolute Gasteiger partial charge is 0.192 e. The zero-order valence-corrected chi connectivity index (χ0v) is 18.2. The lowest BCUT2D eigenvalue weighted by Gasteiger charge is -2.16. The summed E-state index contributed by atoms with van der Waals surface area (Å²) in [5.41, 5.74) is 8.29. The lowest BCUT2D eigenvalue weighted by Crippen LogP contribution is -1.91. The van der Waals surface area contributed by atoms with Gasteiger partial charge >= 0.3 is 0 Å². The molecule has 0 aliphatic heterocycles. The number of aryl methyl sites for hydroxylation is 2. The maximum absolute atomic E-state index is 9.13. The Kier molecular flexibility index (Phi) is 5.89. The molecule has 0 aromatic heterocycles. The summed E-state index contributed by atoms with van der Waals surface area (Å²) in [5.74, 6) is 0. The Morgan fingerprint density at radius 2 is 0.935 bits per heavy atom. The Hall–Kier alpha value is -3.79. The standard InChI is InChI=1S/C28H20N2S/c1-19-5-3-7-25(27(19)23-13-9-21(17-29)10-14-23)31-26-8-4-6-20(2)28(26)24-15-11-22(18-30)12-16-24/h3-16H,1-2H3. The van der Waals surface area contributed by atoms with Gasteiger partial charge in [0.2, 0.25) is 0 Å². The predicted octanol–water partition coefficient (Wildman–Crippen LogP) is 7.53. The lowest BCUT2D eigenvalue weighted by molar-refractivity contribution is 1.32. The van der Waals surface area contributed by atoms with Crippen LogP contribution < -0.4 is 0 Å². The van der Waals surface area contributed by atoms with Crippen molar-refractivity contribution in [3.05, 3.63) is 107 Å².